The van der Waals surface area contributed by atoms with Crippen molar-refractivity contribution in [3.05, 3.63) is 23.8 Å². The van der Waals surface area contributed by atoms with E-state index in [4.69, 9.17) is 6.57 Å². The number of anilines is 1. The lowest BCUT2D eigenvalue weighted by Crippen LogP contribution is -2.44. The Morgan fingerprint density at radius 1 is 1.29 bits per heavy atom. The first-order valence-electron chi connectivity index (χ1n) is 4.55. The van der Waals surface area contributed by atoms with Gasteiger partial charge in [-0.05, 0) is 0 Å². The number of nitrogens with one attached hydrogen (secondary N) is 1. The Kier molecular flexibility index (Phi) is 2.56. The average Bonchev–Trinajstić information content (AvgIpc) is 2.30. The van der Waals surface area contributed by atoms with Gasteiger partial charge >= 0.3 is 0 Å². The molecule has 2 rings (SSSR count). The van der Waals surface area contributed by atoms with Crippen molar-refractivity contribution in [1.82, 2.24) is 15.3 Å². The second kappa shape index (κ2) is 4.03. The first-order valence-corrected chi connectivity index (χ1v) is 4.55. The third-order valence-corrected chi connectivity index (χ3v) is 2.15. The Labute approximate surface area is 82.6 Å². The second-order valence-electron chi connectivity index (χ2n) is 3.09. The SMILES string of the molecule is [C-]#[N+]c1cnc(N2CCNCC2)nc1. The van der Waals surface area contributed by atoms with Crippen LogP contribution in [-0.2, 0) is 0 Å². The fraction of sp³-hybridized carbons (Fsp3) is 0.444. The van der Waals surface area contributed by atoms with E-state index in [1.807, 2.05) is 0 Å². The van der Waals surface area contributed by atoms with Crippen molar-refractivity contribution in [2.24, 2.45) is 0 Å². The minimum absolute atomic E-state index is 0.490. The Hall–Kier alpha value is -1.67. The molecule has 0 aliphatic carbocycles. The fourth-order valence-corrected chi connectivity index (χ4v) is 1.40. The highest BCUT2D eigenvalue weighted by Gasteiger charge is 2.12. The van der Waals surface area contributed by atoms with E-state index in [2.05, 4.69) is 25.0 Å². The maximum Gasteiger partial charge on any atom is 0.223 e. The van der Waals surface area contributed by atoms with Crippen LogP contribution in [0.2, 0.25) is 0 Å². The topological polar surface area (TPSA) is 45.4 Å². The second-order valence-corrected chi connectivity index (χ2v) is 3.09. The molecule has 0 saturated carbocycles. The molecule has 14 heavy (non-hydrogen) atoms. The summed E-state index contributed by atoms with van der Waals surface area (Å²) in [7, 11) is 0. The van der Waals surface area contributed by atoms with Gasteiger partial charge < -0.3 is 10.2 Å². The molecule has 0 amide bonds. The lowest BCUT2D eigenvalue weighted by molar-refractivity contribution is 0.580. The molecule has 1 N–H and O–H groups in total. The molecular weight excluding hydrogens is 178 g/mol. The summed E-state index contributed by atoms with van der Waals surface area (Å²) in [5, 5.41) is 3.26. The molecule has 0 aromatic carbocycles. The van der Waals surface area contributed by atoms with Crippen LogP contribution in [0, 0.1) is 6.57 Å². The van der Waals surface area contributed by atoms with Crippen LogP contribution in [-0.4, -0.2) is 36.1 Å². The van der Waals surface area contributed by atoms with Crippen LogP contribution in [0.15, 0.2) is 12.4 Å². The molecule has 72 valence electrons. The summed E-state index contributed by atoms with van der Waals surface area (Å²) in [4.78, 5) is 13.7. The standard InChI is InChI=1S/C9H11N5/c1-10-8-6-12-9(13-7-8)14-4-2-11-3-5-14/h6-7,11H,2-5H2. The Morgan fingerprint density at radius 3 is 2.50 bits per heavy atom. The highest BCUT2D eigenvalue weighted by Crippen LogP contribution is 2.12. The van der Waals surface area contributed by atoms with Gasteiger partial charge in [0.05, 0.1) is 6.57 Å². The predicted molar refractivity (Wildman–Crippen MR) is 53.4 cm³/mol. The molecule has 1 aliphatic heterocycles. The first kappa shape index (κ1) is 8.91. The predicted octanol–water partition coefficient (Wildman–Crippen LogP) is 0.437. The van der Waals surface area contributed by atoms with Crippen LogP contribution >= 0.6 is 0 Å². The van der Waals surface area contributed by atoms with Gasteiger partial charge in [-0.2, -0.15) is 0 Å². The van der Waals surface area contributed by atoms with Crippen LogP contribution in [0.1, 0.15) is 0 Å². The summed E-state index contributed by atoms with van der Waals surface area (Å²) in [6.45, 7) is 10.6. The monoisotopic (exact) mass is 189 g/mol. The number of nitrogens with zero attached hydrogens (tertiary/aromatic N) is 4. The third-order valence-electron chi connectivity index (χ3n) is 2.15. The van der Waals surface area contributed by atoms with Crippen molar-refractivity contribution in [1.29, 1.82) is 0 Å². The summed E-state index contributed by atoms with van der Waals surface area (Å²) < 4.78 is 0. The van der Waals surface area contributed by atoms with Gasteiger partial charge in [0.2, 0.25) is 11.6 Å². The molecule has 2 heterocycles. The molecule has 5 nitrogen and oxygen atoms in total. The van der Waals surface area contributed by atoms with Gasteiger partial charge in [-0.1, -0.05) is 0 Å². The largest absolute Gasteiger partial charge is 0.338 e. The Balaban J connectivity index is 2.12. The van der Waals surface area contributed by atoms with E-state index in [1.54, 1.807) is 12.4 Å². The molecule has 1 saturated heterocycles. The van der Waals surface area contributed by atoms with E-state index in [0.29, 0.717) is 5.69 Å². The van der Waals surface area contributed by atoms with Crippen molar-refractivity contribution in [2.45, 2.75) is 0 Å². The van der Waals surface area contributed by atoms with Crippen molar-refractivity contribution in [2.75, 3.05) is 31.1 Å². The van der Waals surface area contributed by atoms with Crippen LogP contribution in [0.4, 0.5) is 11.6 Å². The van der Waals surface area contributed by atoms with Crippen LogP contribution < -0.4 is 10.2 Å². The van der Waals surface area contributed by atoms with Crippen molar-refractivity contribution < 1.29 is 0 Å². The minimum atomic E-state index is 0.490. The zero-order chi connectivity index (χ0) is 9.80. The molecule has 0 bridgehead atoms. The lowest BCUT2D eigenvalue weighted by Gasteiger charge is -2.27. The summed E-state index contributed by atoms with van der Waals surface area (Å²) in [6, 6.07) is 0. The van der Waals surface area contributed by atoms with E-state index < -0.39 is 0 Å². The van der Waals surface area contributed by atoms with Gasteiger partial charge in [0.1, 0.15) is 0 Å². The van der Waals surface area contributed by atoms with E-state index in [0.717, 1.165) is 32.1 Å². The van der Waals surface area contributed by atoms with E-state index >= 15 is 0 Å². The molecule has 0 radical (unpaired) electrons. The van der Waals surface area contributed by atoms with Gasteiger partial charge in [-0.25, -0.2) is 14.8 Å². The maximum absolute atomic E-state index is 6.78. The van der Waals surface area contributed by atoms with Gasteiger partial charge in [-0.3, -0.25) is 0 Å². The zero-order valence-corrected chi connectivity index (χ0v) is 7.77. The van der Waals surface area contributed by atoms with Crippen LogP contribution in [0.3, 0.4) is 0 Å². The molecule has 0 spiro atoms. The normalized spacial score (nSPS) is 16.4. The first-order chi connectivity index (χ1) is 6.90. The number of hydrogen-bond acceptors (Lipinski definition) is 4. The number of aromatic nitrogens is 2. The summed E-state index contributed by atoms with van der Waals surface area (Å²) in [5.41, 5.74) is 0.490. The molecule has 1 fully saturated rings. The molecular formula is C9H11N5. The number of hydrogen-bond donors (Lipinski definition) is 1. The zero-order valence-electron chi connectivity index (χ0n) is 7.77. The summed E-state index contributed by atoms with van der Waals surface area (Å²) >= 11 is 0. The summed E-state index contributed by atoms with van der Waals surface area (Å²) in [6.07, 6.45) is 3.13. The molecule has 5 heteroatoms. The lowest BCUT2D eigenvalue weighted by atomic mass is 10.4. The van der Waals surface area contributed by atoms with Crippen LogP contribution in [0.5, 0.6) is 0 Å². The highest BCUT2D eigenvalue weighted by atomic mass is 15.3. The quantitative estimate of drug-likeness (QED) is 0.651. The third kappa shape index (κ3) is 1.80. The Morgan fingerprint density at radius 2 is 1.93 bits per heavy atom. The van der Waals surface area contributed by atoms with Gasteiger partial charge in [0, 0.05) is 38.6 Å². The Bertz CT molecular complexity index is 333. The minimum Gasteiger partial charge on any atom is -0.338 e. The molecule has 1 aliphatic rings. The fourth-order valence-electron chi connectivity index (χ4n) is 1.40. The van der Waals surface area contributed by atoms with E-state index in [-0.39, 0.29) is 0 Å². The maximum atomic E-state index is 6.78. The molecule has 1 aromatic rings. The van der Waals surface area contributed by atoms with Crippen molar-refractivity contribution in [3.8, 4) is 0 Å². The molecule has 0 unspecified atom stereocenters. The molecule has 1 aromatic heterocycles. The van der Waals surface area contributed by atoms with Gasteiger partial charge in [-0.15, -0.1) is 0 Å². The van der Waals surface area contributed by atoms with Crippen molar-refractivity contribution in [3.63, 3.8) is 0 Å². The number of rotatable bonds is 1. The van der Waals surface area contributed by atoms with E-state index in [1.165, 1.54) is 0 Å². The number of piperazine rings is 1. The molecule has 0 atom stereocenters. The van der Waals surface area contributed by atoms with Gasteiger partial charge in [0.25, 0.3) is 0 Å². The summed E-state index contributed by atoms with van der Waals surface area (Å²) in [5.74, 6) is 0.721. The van der Waals surface area contributed by atoms with Crippen LogP contribution in [0.25, 0.3) is 4.85 Å². The van der Waals surface area contributed by atoms with Gasteiger partial charge in [0.15, 0.2) is 0 Å². The highest BCUT2D eigenvalue weighted by molar-refractivity contribution is 5.42. The smallest absolute Gasteiger partial charge is 0.223 e. The van der Waals surface area contributed by atoms with Crippen molar-refractivity contribution >= 4 is 11.6 Å². The van der Waals surface area contributed by atoms with E-state index in [9.17, 15) is 0 Å². The average molecular weight is 189 g/mol.